The second kappa shape index (κ2) is 5.16. The molecule has 0 radical (unpaired) electrons. The van der Waals surface area contributed by atoms with Gasteiger partial charge in [-0.25, -0.2) is 9.78 Å². The predicted molar refractivity (Wildman–Crippen MR) is 62.6 cm³/mol. The second-order valence-corrected chi connectivity index (χ2v) is 3.29. The molecule has 1 aromatic heterocycles. The van der Waals surface area contributed by atoms with E-state index in [2.05, 4.69) is 10.3 Å². The molecule has 2 aromatic rings. The van der Waals surface area contributed by atoms with E-state index in [0.29, 0.717) is 18.1 Å². The number of anilines is 1. The average molecular weight is 232 g/mol. The molecule has 0 aliphatic carbocycles. The highest BCUT2D eigenvalue weighted by Crippen LogP contribution is 2.21. The highest BCUT2D eigenvalue weighted by Gasteiger charge is 2.05. The molecule has 5 nitrogen and oxygen atoms in total. The van der Waals surface area contributed by atoms with Gasteiger partial charge in [-0.05, 0) is 19.1 Å². The summed E-state index contributed by atoms with van der Waals surface area (Å²) < 4.78 is 9.96. The van der Waals surface area contributed by atoms with E-state index in [1.807, 2.05) is 12.1 Å². The van der Waals surface area contributed by atoms with Crippen molar-refractivity contribution in [1.82, 2.24) is 4.98 Å². The number of carbonyl (C=O) groups excluding carboxylic acids is 1. The first kappa shape index (κ1) is 11.2. The summed E-state index contributed by atoms with van der Waals surface area (Å²) in [5.74, 6) is 0.650. The zero-order valence-corrected chi connectivity index (χ0v) is 9.34. The van der Waals surface area contributed by atoms with Crippen LogP contribution in [0.5, 0.6) is 0 Å². The monoisotopic (exact) mass is 232 g/mol. The van der Waals surface area contributed by atoms with Crippen molar-refractivity contribution in [3.05, 3.63) is 36.9 Å². The number of hydrogen-bond acceptors (Lipinski definition) is 4. The van der Waals surface area contributed by atoms with Gasteiger partial charge in [0.25, 0.3) is 0 Å². The van der Waals surface area contributed by atoms with Crippen LogP contribution in [-0.2, 0) is 4.74 Å². The third-order valence-corrected chi connectivity index (χ3v) is 2.10. The molecule has 0 saturated heterocycles. The molecule has 0 saturated carbocycles. The van der Waals surface area contributed by atoms with Gasteiger partial charge in [0, 0.05) is 11.3 Å². The standard InChI is InChI=1S/C12H12N2O3/c1-2-16-12(15)14-10-5-3-4-9(6-10)11-7-13-8-17-11/h3-8H,2H2,1H3,(H,14,15). The maximum atomic E-state index is 11.2. The van der Waals surface area contributed by atoms with Crippen LogP contribution >= 0.6 is 0 Å². The minimum Gasteiger partial charge on any atom is -0.450 e. The molecule has 17 heavy (non-hydrogen) atoms. The van der Waals surface area contributed by atoms with Crippen molar-refractivity contribution in [3.63, 3.8) is 0 Å². The lowest BCUT2D eigenvalue weighted by atomic mass is 10.1. The number of nitrogens with one attached hydrogen (secondary N) is 1. The molecular weight excluding hydrogens is 220 g/mol. The van der Waals surface area contributed by atoms with Gasteiger partial charge in [0.15, 0.2) is 12.2 Å². The fourth-order valence-electron chi connectivity index (χ4n) is 1.39. The van der Waals surface area contributed by atoms with Gasteiger partial charge in [-0.3, -0.25) is 5.32 Å². The van der Waals surface area contributed by atoms with Crippen molar-refractivity contribution in [1.29, 1.82) is 0 Å². The van der Waals surface area contributed by atoms with Crippen molar-refractivity contribution in [2.75, 3.05) is 11.9 Å². The topological polar surface area (TPSA) is 64.4 Å². The summed E-state index contributed by atoms with van der Waals surface area (Å²) in [6.07, 6.45) is 2.51. The Morgan fingerprint density at radius 3 is 3.12 bits per heavy atom. The van der Waals surface area contributed by atoms with Crippen LogP contribution in [0.25, 0.3) is 11.3 Å². The zero-order chi connectivity index (χ0) is 12.1. The molecule has 0 bridgehead atoms. The number of nitrogens with zero attached hydrogens (tertiary/aromatic N) is 1. The Balaban J connectivity index is 2.15. The van der Waals surface area contributed by atoms with Gasteiger partial charge in [-0.2, -0.15) is 0 Å². The summed E-state index contributed by atoms with van der Waals surface area (Å²) in [7, 11) is 0. The summed E-state index contributed by atoms with van der Waals surface area (Å²) in [6, 6.07) is 7.25. The molecule has 1 N–H and O–H groups in total. The molecule has 0 aliphatic heterocycles. The van der Waals surface area contributed by atoms with Gasteiger partial charge >= 0.3 is 6.09 Å². The molecule has 88 valence electrons. The quantitative estimate of drug-likeness (QED) is 0.883. The fourth-order valence-corrected chi connectivity index (χ4v) is 1.39. The van der Waals surface area contributed by atoms with Gasteiger partial charge in [0.1, 0.15) is 0 Å². The summed E-state index contributed by atoms with van der Waals surface area (Å²) in [4.78, 5) is 15.1. The Hall–Kier alpha value is -2.30. The molecule has 0 aliphatic rings. The van der Waals surface area contributed by atoms with Crippen LogP contribution in [0.15, 0.2) is 41.3 Å². The molecule has 0 atom stereocenters. The minimum atomic E-state index is -0.470. The Labute approximate surface area is 98.4 Å². The van der Waals surface area contributed by atoms with Crippen LogP contribution in [0.2, 0.25) is 0 Å². The van der Waals surface area contributed by atoms with Crippen molar-refractivity contribution in [2.45, 2.75) is 6.92 Å². The van der Waals surface area contributed by atoms with Crippen LogP contribution < -0.4 is 5.32 Å². The highest BCUT2D eigenvalue weighted by atomic mass is 16.5. The molecule has 5 heteroatoms. The van der Waals surface area contributed by atoms with Crippen LogP contribution in [0, 0.1) is 0 Å². The maximum absolute atomic E-state index is 11.2. The van der Waals surface area contributed by atoms with Crippen LogP contribution in [0.3, 0.4) is 0 Å². The number of oxazole rings is 1. The molecule has 0 fully saturated rings. The van der Waals surface area contributed by atoms with E-state index in [0.717, 1.165) is 5.56 Å². The number of benzene rings is 1. The Morgan fingerprint density at radius 1 is 1.53 bits per heavy atom. The smallest absolute Gasteiger partial charge is 0.411 e. The Morgan fingerprint density at radius 2 is 2.41 bits per heavy atom. The first-order chi connectivity index (χ1) is 8.29. The summed E-state index contributed by atoms with van der Waals surface area (Å²) in [6.45, 7) is 2.10. The Bertz CT molecular complexity index is 494. The number of aromatic nitrogens is 1. The number of amides is 1. The van der Waals surface area contributed by atoms with E-state index in [9.17, 15) is 4.79 Å². The van der Waals surface area contributed by atoms with Crippen molar-refractivity contribution in [2.24, 2.45) is 0 Å². The van der Waals surface area contributed by atoms with E-state index in [1.165, 1.54) is 6.39 Å². The number of carbonyl (C=O) groups is 1. The summed E-state index contributed by atoms with van der Waals surface area (Å²) in [5.41, 5.74) is 1.49. The van der Waals surface area contributed by atoms with Gasteiger partial charge in [-0.1, -0.05) is 12.1 Å². The van der Waals surface area contributed by atoms with Crippen LogP contribution in [0.1, 0.15) is 6.92 Å². The van der Waals surface area contributed by atoms with E-state index < -0.39 is 6.09 Å². The zero-order valence-electron chi connectivity index (χ0n) is 9.34. The average Bonchev–Trinajstić information content (AvgIpc) is 2.83. The normalized spacial score (nSPS) is 9.94. The van der Waals surface area contributed by atoms with E-state index in [4.69, 9.17) is 9.15 Å². The van der Waals surface area contributed by atoms with Gasteiger partial charge in [-0.15, -0.1) is 0 Å². The van der Waals surface area contributed by atoms with Gasteiger partial charge < -0.3 is 9.15 Å². The molecule has 1 aromatic carbocycles. The SMILES string of the molecule is CCOC(=O)Nc1cccc(-c2cnco2)c1. The Kier molecular flexibility index (Phi) is 3.40. The lowest BCUT2D eigenvalue weighted by molar-refractivity contribution is 0.168. The lowest BCUT2D eigenvalue weighted by Gasteiger charge is -2.05. The molecule has 0 unspecified atom stereocenters. The lowest BCUT2D eigenvalue weighted by Crippen LogP contribution is -2.13. The number of hydrogen-bond donors (Lipinski definition) is 1. The first-order valence-corrected chi connectivity index (χ1v) is 5.22. The number of rotatable bonds is 3. The fraction of sp³-hybridized carbons (Fsp3) is 0.167. The van der Waals surface area contributed by atoms with Crippen LogP contribution in [-0.4, -0.2) is 17.7 Å². The molecule has 1 amide bonds. The predicted octanol–water partition coefficient (Wildman–Crippen LogP) is 2.91. The molecule has 1 heterocycles. The van der Waals surface area contributed by atoms with Crippen molar-refractivity contribution in [3.8, 4) is 11.3 Å². The van der Waals surface area contributed by atoms with E-state index in [1.54, 1.807) is 25.3 Å². The minimum absolute atomic E-state index is 0.341. The second-order valence-electron chi connectivity index (χ2n) is 3.29. The molecule has 2 rings (SSSR count). The highest BCUT2D eigenvalue weighted by molar-refractivity contribution is 5.85. The molecule has 0 spiro atoms. The molecular formula is C12H12N2O3. The third-order valence-electron chi connectivity index (χ3n) is 2.10. The van der Waals surface area contributed by atoms with Gasteiger partial charge in [0.2, 0.25) is 0 Å². The maximum Gasteiger partial charge on any atom is 0.411 e. The first-order valence-electron chi connectivity index (χ1n) is 5.22. The third kappa shape index (κ3) is 2.84. The van der Waals surface area contributed by atoms with E-state index in [-0.39, 0.29) is 0 Å². The van der Waals surface area contributed by atoms with E-state index >= 15 is 0 Å². The summed E-state index contributed by atoms with van der Waals surface area (Å²) in [5, 5.41) is 2.62. The van der Waals surface area contributed by atoms with Crippen LogP contribution in [0.4, 0.5) is 10.5 Å². The van der Waals surface area contributed by atoms with Crippen molar-refractivity contribution < 1.29 is 13.9 Å². The number of ether oxygens (including phenoxy) is 1. The van der Waals surface area contributed by atoms with Gasteiger partial charge in [0.05, 0.1) is 12.8 Å². The largest absolute Gasteiger partial charge is 0.450 e. The van der Waals surface area contributed by atoms with Crippen molar-refractivity contribution >= 4 is 11.8 Å². The summed E-state index contributed by atoms with van der Waals surface area (Å²) >= 11 is 0.